The smallest absolute Gasteiger partial charge is 0.257 e. The topological polar surface area (TPSA) is 64.9 Å². The van der Waals surface area contributed by atoms with Crippen LogP contribution in [0, 0.1) is 6.92 Å². The number of nitrogens with zero attached hydrogens (tertiary/aromatic N) is 2. The summed E-state index contributed by atoms with van der Waals surface area (Å²) >= 11 is 0. The molecule has 1 heterocycles. The maximum atomic E-state index is 6.07. The molecule has 0 spiro atoms. The van der Waals surface area contributed by atoms with E-state index < -0.39 is 5.54 Å². The molecule has 0 saturated heterocycles. The maximum absolute atomic E-state index is 6.07. The first-order valence-corrected chi connectivity index (χ1v) is 5.73. The van der Waals surface area contributed by atoms with Crippen LogP contribution in [0.25, 0.3) is 11.5 Å². The van der Waals surface area contributed by atoms with Crippen molar-refractivity contribution in [2.45, 2.75) is 32.7 Å². The molecule has 0 bridgehead atoms. The van der Waals surface area contributed by atoms with Gasteiger partial charge in [-0.25, -0.2) is 0 Å². The Labute approximate surface area is 101 Å². The van der Waals surface area contributed by atoms with Crippen LogP contribution in [0.5, 0.6) is 0 Å². The molecule has 0 aliphatic heterocycles. The molecule has 1 aromatic heterocycles. The van der Waals surface area contributed by atoms with Crippen molar-refractivity contribution in [3.8, 4) is 11.5 Å². The standard InChI is InChI=1S/C13H17N3O/c1-4-13(3,14)12-15-11(17-16-12)10-7-5-9(2)6-8-10/h5-8H,4,14H2,1-3H3. The van der Waals surface area contributed by atoms with Gasteiger partial charge >= 0.3 is 0 Å². The lowest BCUT2D eigenvalue weighted by atomic mass is 10.00. The van der Waals surface area contributed by atoms with Crippen LogP contribution in [-0.4, -0.2) is 10.1 Å². The van der Waals surface area contributed by atoms with Crippen molar-refractivity contribution in [3.63, 3.8) is 0 Å². The number of aryl methyl sites for hydroxylation is 1. The van der Waals surface area contributed by atoms with E-state index >= 15 is 0 Å². The highest BCUT2D eigenvalue weighted by atomic mass is 16.5. The molecule has 2 N–H and O–H groups in total. The van der Waals surface area contributed by atoms with Gasteiger partial charge in [0.05, 0.1) is 5.54 Å². The van der Waals surface area contributed by atoms with E-state index in [0.29, 0.717) is 11.7 Å². The van der Waals surface area contributed by atoms with Crippen molar-refractivity contribution in [3.05, 3.63) is 35.7 Å². The summed E-state index contributed by atoms with van der Waals surface area (Å²) in [4.78, 5) is 4.35. The van der Waals surface area contributed by atoms with E-state index in [0.717, 1.165) is 12.0 Å². The molecule has 0 radical (unpaired) electrons. The van der Waals surface area contributed by atoms with Crippen LogP contribution in [0.4, 0.5) is 0 Å². The van der Waals surface area contributed by atoms with Crippen molar-refractivity contribution in [2.24, 2.45) is 5.73 Å². The normalized spacial score (nSPS) is 14.6. The van der Waals surface area contributed by atoms with E-state index in [1.807, 2.05) is 45.0 Å². The zero-order valence-electron chi connectivity index (χ0n) is 10.4. The van der Waals surface area contributed by atoms with Gasteiger partial charge in [-0.3, -0.25) is 0 Å². The lowest BCUT2D eigenvalue weighted by Gasteiger charge is -2.16. The predicted octanol–water partition coefficient (Wildman–Crippen LogP) is 2.63. The lowest BCUT2D eigenvalue weighted by molar-refractivity contribution is 0.379. The maximum Gasteiger partial charge on any atom is 0.257 e. The molecule has 1 atom stereocenters. The summed E-state index contributed by atoms with van der Waals surface area (Å²) < 4.78 is 5.24. The van der Waals surface area contributed by atoms with Gasteiger partial charge < -0.3 is 10.3 Å². The fourth-order valence-corrected chi connectivity index (χ4v) is 1.43. The fourth-order valence-electron chi connectivity index (χ4n) is 1.43. The Bertz CT molecular complexity index is 500. The Kier molecular flexibility index (Phi) is 2.98. The van der Waals surface area contributed by atoms with Crippen LogP contribution in [0.2, 0.25) is 0 Å². The van der Waals surface area contributed by atoms with Crippen LogP contribution in [0.15, 0.2) is 28.8 Å². The number of nitrogens with two attached hydrogens (primary N) is 1. The molecular weight excluding hydrogens is 214 g/mol. The molecule has 0 saturated carbocycles. The second-order valence-corrected chi connectivity index (χ2v) is 4.56. The molecule has 1 unspecified atom stereocenters. The van der Waals surface area contributed by atoms with Gasteiger partial charge in [0.2, 0.25) is 0 Å². The summed E-state index contributed by atoms with van der Waals surface area (Å²) in [5, 5.41) is 3.95. The van der Waals surface area contributed by atoms with Crippen molar-refractivity contribution in [1.29, 1.82) is 0 Å². The summed E-state index contributed by atoms with van der Waals surface area (Å²) in [6.45, 7) is 5.94. The first-order valence-electron chi connectivity index (χ1n) is 5.73. The Hall–Kier alpha value is -1.68. The number of aromatic nitrogens is 2. The molecule has 4 nitrogen and oxygen atoms in total. The summed E-state index contributed by atoms with van der Waals surface area (Å²) in [5.41, 5.74) is 7.65. The Morgan fingerprint density at radius 2 is 1.94 bits per heavy atom. The summed E-state index contributed by atoms with van der Waals surface area (Å²) in [6, 6.07) is 7.96. The van der Waals surface area contributed by atoms with Crippen molar-refractivity contribution in [1.82, 2.24) is 10.1 Å². The third-order valence-electron chi connectivity index (χ3n) is 2.97. The van der Waals surface area contributed by atoms with Crippen LogP contribution in [0.3, 0.4) is 0 Å². The van der Waals surface area contributed by atoms with E-state index in [4.69, 9.17) is 10.3 Å². The van der Waals surface area contributed by atoms with Gasteiger partial charge in [-0.1, -0.05) is 29.8 Å². The molecule has 17 heavy (non-hydrogen) atoms. The van der Waals surface area contributed by atoms with E-state index in [1.54, 1.807) is 0 Å². The van der Waals surface area contributed by atoms with Crippen LogP contribution in [0.1, 0.15) is 31.7 Å². The molecule has 0 aliphatic rings. The van der Waals surface area contributed by atoms with Crippen LogP contribution in [-0.2, 0) is 5.54 Å². The zero-order chi connectivity index (χ0) is 12.5. The average Bonchev–Trinajstić information content (AvgIpc) is 2.80. The monoisotopic (exact) mass is 231 g/mol. The molecule has 90 valence electrons. The highest BCUT2D eigenvalue weighted by molar-refractivity contribution is 5.53. The number of benzene rings is 1. The minimum Gasteiger partial charge on any atom is -0.334 e. The second kappa shape index (κ2) is 4.30. The average molecular weight is 231 g/mol. The lowest BCUT2D eigenvalue weighted by Crippen LogP contribution is -2.33. The van der Waals surface area contributed by atoms with Gasteiger partial charge in [0, 0.05) is 5.56 Å². The number of rotatable bonds is 3. The Morgan fingerprint density at radius 1 is 1.29 bits per heavy atom. The fraction of sp³-hybridized carbons (Fsp3) is 0.385. The summed E-state index contributed by atoms with van der Waals surface area (Å²) in [6.07, 6.45) is 0.764. The third-order valence-corrected chi connectivity index (χ3v) is 2.97. The third kappa shape index (κ3) is 2.36. The molecular formula is C13H17N3O. The Balaban J connectivity index is 2.33. The first kappa shape index (κ1) is 11.8. The molecule has 0 aliphatic carbocycles. The second-order valence-electron chi connectivity index (χ2n) is 4.56. The molecule has 0 amide bonds. The van der Waals surface area contributed by atoms with Crippen molar-refractivity contribution >= 4 is 0 Å². The zero-order valence-corrected chi connectivity index (χ0v) is 10.4. The van der Waals surface area contributed by atoms with E-state index in [9.17, 15) is 0 Å². The van der Waals surface area contributed by atoms with Gasteiger partial charge in [0.15, 0.2) is 5.82 Å². The molecule has 2 aromatic rings. The number of hydrogen-bond donors (Lipinski definition) is 1. The van der Waals surface area contributed by atoms with Gasteiger partial charge in [0.25, 0.3) is 5.89 Å². The molecule has 0 fully saturated rings. The summed E-state index contributed by atoms with van der Waals surface area (Å²) in [7, 11) is 0. The van der Waals surface area contributed by atoms with E-state index in [2.05, 4.69) is 10.1 Å². The SMILES string of the molecule is CCC(C)(N)c1noc(-c2ccc(C)cc2)n1. The van der Waals surface area contributed by atoms with E-state index in [1.165, 1.54) is 5.56 Å². The van der Waals surface area contributed by atoms with Gasteiger partial charge in [0.1, 0.15) is 0 Å². The van der Waals surface area contributed by atoms with Crippen LogP contribution >= 0.6 is 0 Å². The van der Waals surface area contributed by atoms with Crippen LogP contribution < -0.4 is 5.73 Å². The van der Waals surface area contributed by atoms with Crippen molar-refractivity contribution in [2.75, 3.05) is 0 Å². The first-order chi connectivity index (χ1) is 8.03. The Morgan fingerprint density at radius 3 is 2.53 bits per heavy atom. The summed E-state index contributed by atoms with van der Waals surface area (Å²) in [5.74, 6) is 1.07. The molecule has 1 aromatic carbocycles. The largest absolute Gasteiger partial charge is 0.334 e. The van der Waals surface area contributed by atoms with E-state index in [-0.39, 0.29) is 0 Å². The minimum atomic E-state index is -0.535. The van der Waals surface area contributed by atoms with Gasteiger partial charge in [-0.2, -0.15) is 4.98 Å². The predicted molar refractivity (Wildman–Crippen MR) is 66.3 cm³/mol. The van der Waals surface area contributed by atoms with Crippen molar-refractivity contribution < 1.29 is 4.52 Å². The van der Waals surface area contributed by atoms with Gasteiger partial charge in [-0.15, -0.1) is 0 Å². The van der Waals surface area contributed by atoms with Gasteiger partial charge in [-0.05, 0) is 32.4 Å². The molecule has 4 heteroatoms. The quantitative estimate of drug-likeness (QED) is 0.881. The number of hydrogen-bond acceptors (Lipinski definition) is 4. The highest BCUT2D eigenvalue weighted by Gasteiger charge is 2.25. The highest BCUT2D eigenvalue weighted by Crippen LogP contribution is 2.23. The minimum absolute atomic E-state index is 0.519. The molecule has 2 rings (SSSR count).